The summed E-state index contributed by atoms with van der Waals surface area (Å²) in [7, 11) is 1.67. The average molecular weight is 238 g/mol. The van der Waals surface area contributed by atoms with Crippen LogP contribution in [0.4, 0.5) is 0 Å². The van der Waals surface area contributed by atoms with Crippen molar-refractivity contribution in [3.63, 3.8) is 0 Å². The number of aromatic nitrogens is 1. The summed E-state index contributed by atoms with van der Waals surface area (Å²) in [5.74, 6) is -0.360. The molecular formula is C12H18N2O3. The Morgan fingerprint density at radius 3 is 3.00 bits per heavy atom. The minimum Gasteiger partial charge on any atom is -0.505 e. The fourth-order valence-electron chi connectivity index (χ4n) is 1.42. The van der Waals surface area contributed by atoms with Crippen LogP contribution in [0.5, 0.6) is 5.75 Å². The van der Waals surface area contributed by atoms with E-state index in [-0.39, 0.29) is 17.2 Å². The van der Waals surface area contributed by atoms with Crippen LogP contribution in [-0.2, 0) is 4.74 Å². The molecule has 0 aliphatic rings. The summed E-state index contributed by atoms with van der Waals surface area (Å²) < 4.78 is 4.93. The monoisotopic (exact) mass is 238 g/mol. The lowest BCUT2D eigenvalue weighted by Gasteiger charge is -2.06. The summed E-state index contributed by atoms with van der Waals surface area (Å²) in [4.78, 5) is 15.3. The van der Waals surface area contributed by atoms with E-state index < -0.39 is 0 Å². The van der Waals surface area contributed by atoms with Crippen LogP contribution in [0.15, 0.2) is 18.5 Å². The molecule has 0 aliphatic heterocycles. The van der Waals surface area contributed by atoms with Crippen LogP contribution in [0.1, 0.15) is 29.6 Å². The number of aromatic hydroxyl groups is 1. The Bertz CT molecular complexity index is 355. The Morgan fingerprint density at radius 1 is 1.47 bits per heavy atom. The van der Waals surface area contributed by atoms with Crippen LogP contribution in [0.25, 0.3) is 0 Å². The summed E-state index contributed by atoms with van der Waals surface area (Å²) in [6.07, 6.45) is 5.64. The molecule has 1 amide bonds. The predicted octanol–water partition coefficient (Wildman–Crippen LogP) is 1.33. The van der Waals surface area contributed by atoms with Crippen LogP contribution in [0.3, 0.4) is 0 Å². The summed E-state index contributed by atoms with van der Waals surface area (Å²) >= 11 is 0. The number of nitrogens with zero attached hydrogens (tertiary/aromatic N) is 1. The van der Waals surface area contributed by atoms with Gasteiger partial charge in [-0.3, -0.25) is 9.78 Å². The van der Waals surface area contributed by atoms with Crippen molar-refractivity contribution >= 4 is 5.91 Å². The van der Waals surface area contributed by atoms with Gasteiger partial charge in [0.05, 0.1) is 11.8 Å². The average Bonchev–Trinajstić information content (AvgIpc) is 2.34. The first-order chi connectivity index (χ1) is 8.25. The summed E-state index contributed by atoms with van der Waals surface area (Å²) in [6.45, 7) is 1.35. The molecular weight excluding hydrogens is 220 g/mol. The predicted molar refractivity (Wildman–Crippen MR) is 64.0 cm³/mol. The molecule has 5 heteroatoms. The van der Waals surface area contributed by atoms with Gasteiger partial charge in [0.15, 0.2) is 0 Å². The summed E-state index contributed by atoms with van der Waals surface area (Å²) in [5.41, 5.74) is 0.261. The van der Waals surface area contributed by atoms with Crippen LogP contribution in [0, 0.1) is 0 Å². The SMILES string of the molecule is COCCCCCNC(=O)c1ccncc1O. The maximum Gasteiger partial charge on any atom is 0.255 e. The highest BCUT2D eigenvalue weighted by molar-refractivity contribution is 5.96. The molecule has 0 unspecified atom stereocenters. The second-order valence-electron chi connectivity index (χ2n) is 3.70. The van der Waals surface area contributed by atoms with Gasteiger partial charge in [0.1, 0.15) is 5.75 Å². The first-order valence-electron chi connectivity index (χ1n) is 5.66. The fourth-order valence-corrected chi connectivity index (χ4v) is 1.42. The van der Waals surface area contributed by atoms with Gasteiger partial charge in [0, 0.05) is 26.5 Å². The zero-order valence-electron chi connectivity index (χ0n) is 9.98. The topological polar surface area (TPSA) is 71.5 Å². The van der Waals surface area contributed by atoms with Crippen molar-refractivity contribution in [2.24, 2.45) is 0 Å². The number of carbonyl (C=O) groups excluding carboxylic acids is 1. The summed E-state index contributed by atoms with van der Waals surface area (Å²) in [5, 5.41) is 12.2. The third-order valence-corrected chi connectivity index (χ3v) is 2.36. The van der Waals surface area contributed by atoms with Gasteiger partial charge in [-0.25, -0.2) is 0 Å². The Labute approximate surface area is 101 Å². The van der Waals surface area contributed by atoms with E-state index in [1.54, 1.807) is 7.11 Å². The van der Waals surface area contributed by atoms with Crippen LogP contribution in [-0.4, -0.2) is 36.3 Å². The second kappa shape index (κ2) is 7.62. The highest BCUT2D eigenvalue weighted by atomic mass is 16.5. The molecule has 17 heavy (non-hydrogen) atoms. The number of amides is 1. The van der Waals surface area contributed by atoms with E-state index in [0.717, 1.165) is 25.9 Å². The standard InChI is InChI=1S/C12H18N2O3/c1-17-8-4-2-3-6-14-12(16)10-5-7-13-9-11(10)15/h5,7,9,15H,2-4,6,8H2,1H3,(H,14,16). The minimum absolute atomic E-state index is 0.0932. The fraction of sp³-hybridized carbons (Fsp3) is 0.500. The Hall–Kier alpha value is -1.62. The van der Waals surface area contributed by atoms with Crippen molar-refractivity contribution in [1.29, 1.82) is 0 Å². The van der Waals surface area contributed by atoms with Gasteiger partial charge in [0.25, 0.3) is 5.91 Å². The number of pyridine rings is 1. The largest absolute Gasteiger partial charge is 0.505 e. The number of hydrogen-bond acceptors (Lipinski definition) is 4. The van der Waals surface area contributed by atoms with Crippen molar-refractivity contribution in [2.45, 2.75) is 19.3 Å². The lowest BCUT2D eigenvalue weighted by Crippen LogP contribution is -2.24. The Balaban J connectivity index is 2.24. The highest BCUT2D eigenvalue weighted by Crippen LogP contribution is 2.13. The number of nitrogens with one attached hydrogen (secondary N) is 1. The van der Waals surface area contributed by atoms with Crippen molar-refractivity contribution < 1.29 is 14.6 Å². The normalized spacial score (nSPS) is 10.2. The van der Waals surface area contributed by atoms with Gasteiger partial charge in [0.2, 0.25) is 0 Å². The lowest BCUT2D eigenvalue weighted by molar-refractivity contribution is 0.0950. The van der Waals surface area contributed by atoms with E-state index in [1.165, 1.54) is 18.5 Å². The quantitative estimate of drug-likeness (QED) is 0.703. The van der Waals surface area contributed by atoms with Crippen molar-refractivity contribution in [3.8, 4) is 5.75 Å². The Kier molecular flexibility index (Phi) is 6.03. The molecule has 0 bridgehead atoms. The van der Waals surface area contributed by atoms with Crippen molar-refractivity contribution in [1.82, 2.24) is 10.3 Å². The molecule has 0 saturated heterocycles. The number of rotatable bonds is 7. The molecule has 1 heterocycles. The molecule has 1 rings (SSSR count). The molecule has 0 aromatic carbocycles. The maximum atomic E-state index is 11.6. The summed E-state index contributed by atoms with van der Waals surface area (Å²) in [6, 6.07) is 1.50. The van der Waals surface area contributed by atoms with E-state index in [4.69, 9.17) is 4.74 Å². The molecule has 0 saturated carbocycles. The molecule has 0 atom stereocenters. The van der Waals surface area contributed by atoms with Crippen molar-refractivity contribution in [3.05, 3.63) is 24.0 Å². The van der Waals surface area contributed by atoms with Crippen LogP contribution < -0.4 is 5.32 Å². The number of unbranched alkanes of at least 4 members (excludes halogenated alkanes) is 2. The van der Waals surface area contributed by atoms with Gasteiger partial charge in [-0.1, -0.05) is 0 Å². The number of ether oxygens (including phenoxy) is 1. The van der Waals surface area contributed by atoms with E-state index in [1.807, 2.05) is 0 Å². The highest BCUT2D eigenvalue weighted by Gasteiger charge is 2.09. The van der Waals surface area contributed by atoms with E-state index in [2.05, 4.69) is 10.3 Å². The van der Waals surface area contributed by atoms with Gasteiger partial charge >= 0.3 is 0 Å². The zero-order valence-corrected chi connectivity index (χ0v) is 9.98. The third-order valence-electron chi connectivity index (χ3n) is 2.36. The van der Waals surface area contributed by atoms with Crippen molar-refractivity contribution in [2.75, 3.05) is 20.3 Å². The molecule has 0 aliphatic carbocycles. The van der Waals surface area contributed by atoms with E-state index in [9.17, 15) is 9.90 Å². The molecule has 1 aromatic rings. The van der Waals surface area contributed by atoms with Crippen LogP contribution in [0.2, 0.25) is 0 Å². The van der Waals surface area contributed by atoms with Gasteiger partial charge in [-0.15, -0.1) is 0 Å². The molecule has 2 N–H and O–H groups in total. The van der Waals surface area contributed by atoms with Gasteiger partial charge < -0.3 is 15.2 Å². The molecule has 0 radical (unpaired) electrons. The molecule has 0 spiro atoms. The van der Waals surface area contributed by atoms with Gasteiger partial charge in [-0.05, 0) is 25.3 Å². The zero-order chi connectivity index (χ0) is 12.5. The van der Waals surface area contributed by atoms with E-state index in [0.29, 0.717) is 6.54 Å². The van der Waals surface area contributed by atoms with E-state index >= 15 is 0 Å². The maximum absolute atomic E-state index is 11.6. The molecule has 0 fully saturated rings. The minimum atomic E-state index is -0.267. The first-order valence-corrected chi connectivity index (χ1v) is 5.66. The van der Waals surface area contributed by atoms with Crippen LogP contribution >= 0.6 is 0 Å². The number of carbonyl (C=O) groups is 1. The molecule has 5 nitrogen and oxygen atoms in total. The first kappa shape index (κ1) is 13.4. The Morgan fingerprint density at radius 2 is 2.29 bits per heavy atom. The number of methoxy groups -OCH3 is 1. The number of hydrogen-bond donors (Lipinski definition) is 2. The lowest BCUT2D eigenvalue weighted by atomic mass is 10.2. The second-order valence-corrected chi connectivity index (χ2v) is 3.70. The third kappa shape index (κ3) is 4.82. The smallest absolute Gasteiger partial charge is 0.255 e. The molecule has 94 valence electrons. The molecule has 1 aromatic heterocycles. The van der Waals surface area contributed by atoms with Gasteiger partial charge in [-0.2, -0.15) is 0 Å².